The van der Waals surface area contributed by atoms with Crippen molar-refractivity contribution in [2.45, 2.75) is 0 Å². The van der Waals surface area contributed by atoms with Crippen molar-refractivity contribution in [1.29, 1.82) is 0 Å². The van der Waals surface area contributed by atoms with Crippen molar-refractivity contribution in [3.63, 3.8) is 0 Å². The van der Waals surface area contributed by atoms with Crippen molar-refractivity contribution >= 4 is 13.5 Å². The molecule has 6 aliphatic carbocycles. The maximum atomic E-state index is 1.33. The van der Waals surface area contributed by atoms with Gasteiger partial charge in [-0.05, 0) is 47.3 Å². The van der Waals surface area contributed by atoms with E-state index >= 15 is 0 Å². The zero-order chi connectivity index (χ0) is 4.62. The first-order chi connectivity index (χ1) is 4.00. The molecule has 0 bridgehead atoms. The van der Waals surface area contributed by atoms with Crippen LogP contribution < -0.4 is 0 Å². The SMILES string of the molecule is C12C3C4C1C1C2C3C41.[Fe].[S]. The molecule has 6 rings (SSSR count). The van der Waals surface area contributed by atoms with E-state index in [4.69, 9.17) is 0 Å². The van der Waals surface area contributed by atoms with Gasteiger partial charge in [0, 0.05) is 30.6 Å². The minimum atomic E-state index is 0. The standard InChI is InChI=1S/C8H8.Fe.S/c1-2-5-3(1)7-4(1)6(2)8(5)7;;/h1-8H;;. The van der Waals surface area contributed by atoms with Gasteiger partial charge in [-0.1, -0.05) is 0 Å². The van der Waals surface area contributed by atoms with Crippen LogP contribution in [0.2, 0.25) is 0 Å². The topological polar surface area (TPSA) is 0 Å². The molecule has 0 aliphatic heterocycles. The normalized spacial score (nSPS) is 86.4. The molecule has 0 aromatic carbocycles. The molecule has 0 atom stereocenters. The summed E-state index contributed by atoms with van der Waals surface area (Å²) in [5.41, 5.74) is 0. The molecule has 0 heterocycles. The van der Waals surface area contributed by atoms with Gasteiger partial charge in [0.15, 0.2) is 0 Å². The molecule has 2 radical (unpaired) electrons. The van der Waals surface area contributed by atoms with Crippen LogP contribution in [-0.2, 0) is 17.1 Å². The Morgan fingerprint density at radius 1 is 0.400 bits per heavy atom. The predicted molar refractivity (Wildman–Crippen MR) is 35.5 cm³/mol. The van der Waals surface area contributed by atoms with Crippen LogP contribution >= 0.6 is 13.5 Å². The summed E-state index contributed by atoms with van der Waals surface area (Å²) >= 11 is 0. The quantitative estimate of drug-likeness (QED) is 0.511. The summed E-state index contributed by atoms with van der Waals surface area (Å²) in [7, 11) is 0. The molecule has 0 nitrogen and oxygen atoms in total. The van der Waals surface area contributed by atoms with Crippen LogP contribution in [0.4, 0.5) is 0 Å². The van der Waals surface area contributed by atoms with E-state index in [9.17, 15) is 0 Å². The molecule has 0 saturated heterocycles. The van der Waals surface area contributed by atoms with Gasteiger partial charge in [-0.15, -0.1) is 0 Å². The summed E-state index contributed by atoms with van der Waals surface area (Å²) in [6, 6.07) is 0. The van der Waals surface area contributed by atoms with Crippen LogP contribution in [0.3, 0.4) is 0 Å². The summed E-state index contributed by atoms with van der Waals surface area (Å²) in [6.07, 6.45) is 0. The second-order valence-corrected chi connectivity index (χ2v) is 4.62. The predicted octanol–water partition coefficient (Wildman–Crippen LogP) is 1.63. The summed E-state index contributed by atoms with van der Waals surface area (Å²) < 4.78 is 0. The molecule has 0 N–H and O–H groups in total. The fourth-order valence-corrected chi connectivity index (χ4v) is 5.29. The first-order valence-corrected chi connectivity index (χ1v) is 4.00. The van der Waals surface area contributed by atoms with Gasteiger partial charge < -0.3 is 0 Å². The van der Waals surface area contributed by atoms with E-state index in [2.05, 4.69) is 0 Å². The van der Waals surface area contributed by atoms with Crippen LogP contribution in [0.15, 0.2) is 0 Å². The van der Waals surface area contributed by atoms with Crippen molar-refractivity contribution in [1.82, 2.24) is 0 Å². The fourth-order valence-electron chi connectivity index (χ4n) is 5.29. The Bertz CT molecular complexity index is 119. The van der Waals surface area contributed by atoms with E-state index < -0.39 is 0 Å². The van der Waals surface area contributed by atoms with E-state index in [0.29, 0.717) is 0 Å². The Labute approximate surface area is 78.1 Å². The Kier molecular flexibility index (Phi) is 0.802. The van der Waals surface area contributed by atoms with Gasteiger partial charge in [0.1, 0.15) is 0 Å². The fraction of sp³-hybridized carbons (Fsp3) is 1.00. The summed E-state index contributed by atoms with van der Waals surface area (Å²) in [4.78, 5) is 0. The van der Waals surface area contributed by atoms with E-state index in [-0.39, 0.29) is 30.6 Å². The smallest absolute Gasteiger partial charge is 0 e. The first kappa shape index (κ1) is 6.39. The molecule has 54 valence electrons. The monoisotopic (exact) mass is 192 g/mol. The molecular formula is C8H8FeS. The molecule has 6 aliphatic rings. The largest absolute Gasteiger partial charge is 0.0312 e. The average molecular weight is 192 g/mol. The van der Waals surface area contributed by atoms with Crippen LogP contribution in [-0.4, -0.2) is 0 Å². The van der Waals surface area contributed by atoms with Crippen LogP contribution in [0.5, 0.6) is 0 Å². The zero-order valence-electron chi connectivity index (χ0n) is 5.38. The minimum Gasteiger partial charge on any atom is -0.0312 e. The van der Waals surface area contributed by atoms with E-state index in [0.717, 1.165) is 0 Å². The zero-order valence-corrected chi connectivity index (χ0v) is 7.30. The van der Waals surface area contributed by atoms with Gasteiger partial charge in [-0.3, -0.25) is 0 Å². The van der Waals surface area contributed by atoms with Gasteiger partial charge >= 0.3 is 0 Å². The molecule has 0 amide bonds. The van der Waals surface area contributed by atoms with Gasteiger partial charge in [0.2, 0.25) is 0 Å². The second-order valence-electron chi connectivity index (χ2n) is 4.62. The first-order valence-electron chi connectivity index (χ1n) is 4.00. The summed E-state index contributed by atoms with van der Waals surface area (Å²) in [6.45, 7) is 0. The van der Waals surface area contributed by atoms with E-state index in [1.54, 1.807) is 0 Å². The molecule has 0 unspecified atom stereocenters. The van der Waals surface area contributed by atoms with Crippen LogP contribution in [0.25, 0.3) is 0 Å². The minimum absolute atomic E-state index is 0. The summed E-state index contributed by atoms with van der Waals surface area (Å²) in [5, 5.41) is 0. The Morgan fingerprint density at radius 2 is 0.500 bits per heavy atom. The van der Waals surface area contributed by atoms with Crippen LogP contribution in [0, 0.1) is 47.3 Å². The molecule has 2 heteroatoms. The molecule has 6 fully saturated rings. The van der Waals surface area contributed by atoms with Crippen molar-refractivity contribution in [2.24, 2.45) is 47.3 Å². The van der Waals surface area contributed by atoms with E-state index in [1.165, 1.54) is 47.3 Å². The second kappa shape index (κ2) is 1.26. The van der Waals surface area contributed by atoms with Crippen molar-refractivity contribution < 1.29 is 17.1 Å². The Hall–Kier alpha value is 0.869. The maximum Gasteiger partial charge on any atom is 0 e. The third-order valence-electron chi connectivity index (χ3n) is 5.33. The maximum absolute atomic E-state index is 1.33. The summed E-state index contributed by atoms with van der Waals surface area (Å²) in [5.74, 6) is 10.7. The molecule has 0 aromatic heterocycles. The number of hydrogen-bond donors (Lipinski definition) is 0. The Balaban J connectivity index is 0.000000180. The van der Waals surface area contributed by atoms with Gasteiger partial charge in [0.25, 0.3) is 0 Å². The van der Waals surface area contributed by atoms with Crippen molar-refractivity contribution in [2.75, 3.05) is 0 Å². The van der Waals surface area contributed by atoms with Crippen molar-refractivity contribution in [3.05, 3.63) is 0 Å². The molecule has 0 spiro atoms. The molecule has 6 saturated carbocycles. The number of rotatable bonds is 0. The molecule has 10 heavy (non-hydrogen) atoms. The van der Waals surface area contributed by atoms with Crippen LogP contribution in [0.1, 0.15) is 0 Å². The Morgan fingerprint density at radius 3 is 0.600 bits per heavy atom. The third-order valence-corrected chi connectivity index (χ3v) is 5.33. The molecule has 0 aromatic rings. The number of hydrogen-bond acceptors (Lipinski definition) is 0. The van der Waals surface area contributed by atoms with Crippen molar-refractivity contribution in [3.8, 4) is 0 Å². The molecular weight excluding hydrogens is 184 g/mol. The van der Waals surface area contributed by atoms with Gasteiger partial charge in [0.05, 0.1) is 0 Å². The third kappa shape index (κ3) is 0.230. The average Bonchev–Trinajstić information content (AvgIpc) is 1.90. The van der Waals surface area contributed by atoms with Gasteiger partial charge in [-0.25, -0.2) is 0 Å². The van der Waals surface area contributed by atoms with Gasteiger partial charge in [-0.2, -0.15) is 0 Å². The van der Waals surface area contributed by atoms with E-state index in [1.807, 2.05) is 0 Å².